The van der Waals surface area contributed by atoms with Gasteiger partial charge in [0.05, 0.1) is 23.0 Å². The second kappa shape index (κ2) is 9.16. The van der Waals surface area contributed by atoms with E-state index in [1.807, 2.05) is 97.1 Å². The largest absolute Gasteiger partial charge is 0.497 e. The van der Waals surface area contributed by atoms with E-state index in [2.05, 4.69) is 10.1 Å². The monoisotopic (exact) mass is 489 g/mol. The lowest BCUT2D eigenvalue weighted by atomic mass is 10.1. The zero-order valence-electron chi connectivity index (χ0n) is 19.2. The maximum Gasteiger partial charge on any atom is 0.291 e. The molecule has 0 unspecified atom stereocenters. The van der Waals surface area contributed by atoms with Crippen LogP contribution in [0.5, 0.6) is 5.75 Å². The van der Waals surface area contributed by atoms with Gasteiger partial charge in [-0.05, 0) is 29.8 Å². The lowest BCUT2D eigenvalue weighted by Gasteiger charge is -2.07. The first kappa shape index (κ1) is 21.8. The van der Waals surface area contributed by atoms with Crippen LogP contribution in [0, 0.1) is 0 Å². The highest BCUT2D eigenvalue weighted by molar-refractivity contribution is 7.15. The highest BCUT2D eigenvalue weighted by atomic mass is 32.1. The smallest absolute Gasteiger partial charge is 0.291 e. The molecule has 174 valence electrons. The van der Waals surface area contributed by atoms with Crippen LogP contribution in [0.1, 0.15) is 5.56 Å². The minimum absolute atomic E-state index is 0.230. The minimum atomic E-state index is -0.230. The Balaban J connectivity index is 1.45. The molecular formula is C28H19N5O2S. The Bertz CT molecular complexity index is 1720. The van der Waals surface area contributed by atoms with Crippen molar-refractivity contribution in [3.8, 4) is 39.9 Å². The molecule has 6 rings (SSSR count). The van der Waals surface area contributed by atoms with Gasteiger partial charge in [0, 0.05) is 11.1 Å². The predicted octanol–water partition coefficient (Wildman–Crippen LogP) is 4.50. The van der Waals surface area contributed by atoms with Gasteiger partial charge in [-0.3, -0.25) is 4.79 Å². The fourth-order valence-electron chi connectivity index (χ4n) is 3.84. The van der Waals surface area contributed by atoms with Gasteiger partial charge in [-0.15, -0.1) is 5.10 Å². The van der Waals surface area contributed by atoms with Gasteiger partial charge in [0.15, 0.2) is 0 Å². The molecule has 3 aromatic carbocycles. The van der Waals surface area contributed by atoms with Gasteiger partial charge in [0.2, 0.25) is 16.6 Å². The number of nitrogens with zero attached hydrogens (tertiary/aromatic N) is 5. The lowest BCUT2D eigenvalue weighted by molar-refractivity contribution is 0.415. The molecule has 7 nitrogen and oxygen atoms in total. The van der Waals surface area contributed by atoms with Gasteiger partial charge in [-0.2, -0.15) is 9.50 Å². The summed E-state index contributed by atoms with van der Waals surface area (Å²) in [6, 6.07) is 29.2. The zero-order chi connectivity index (χ0) is 24.5. The molecule has 0 amide bonds. The van der Waals surface area contributed by atoms with E-state index in [4.69, 9.17) is 14.7 Å². The normalized spacial score (nSPS) is 11.8. The summed E-state index contributed by atoms with van der Waals surface area (Å²) in [4.78, 5) is 27.6. The Hall–Kier alpha value is -4.69. The fraction of sp³-hybridized carbons (Fsp3) is 0.0357. The third-order valence-corrected chi connectivity index (χ3v) is 6.62. The summed E-state index contributed by atoms with van der Waals surface area (Å²) in [6.07, 6.45) is 1.82. The summed E-state index contributed by atoms with van der Waals surface area (Å²) in [5.41, 5.74) is 4.10. The predicted molar refractivity (Wildman–Crippen MR) is 141 cm³/mol. The Morgan fingerprint density at radius 1 is 0.778 bits per heavy atom. The molecule has 36 heavy (non-hydrogen) atoms. The molecule has 0 aliphatic carbocycles. The molecule has 3 aromatic heterocycles. The molecule has 0 fully saturated rings. The van der Waals surface area contributed by atoms with Crippen molar-refractivity contribution in [2.45, 2.75) is 0 Å². The zero-order valence-corrected chi connectivity index (χ0v) is 20.0. The summed E-state index contributed by atoms with van der Waals surface area (Å²) in [5.74, 6) is 1.44. The maximum absolute atomic E-state index is 13.1. The van der Waals surface area contributed by atoms with E-state index in [1.54, 1.807) is 7.11 Å². The van der Waals surface area contributed by atoms with Crippen molar-refractivity contribution >= 4 is 22.4 Å². The first-order chi connectivity index (χ1) is 17.7. The number of benzene rings is 3. The van der Waals surface area contributed by atoms with Crippen molar-refractivity contribution in [2.75, 3.05) is 7.11 Å². The molecule has 0 atom stereocenters. The van der Waals surface area contributed by atoms with Crippen LogP contribution >= 0.6 is 11.3 Å². The molecule has 0 aliphatic heterocycles. The Labute approximate surface area is 210 Å². The number of methoxy groups -OCH3 is 1. The molecule has 0 spiro atoms. The molecule has 0 bridgehead atoms. The maximum atomic E-state index is 13.1. The lowest BCUT2D eigenvalue weighted by Crippen LogP contribution is -2.23. The molecular weight excluding hydrogens is 470 g/mol. The van der Waals surface area contributed by atoms with Crippen molar-refractivity contribution in [3.63, 3.8) is 0 Å². The third-order valence-electron chi connectivity index (χ3n) is 5.66. The summed E-state index contributed by atoms with van der Waals surface area (Å²) in [7, 11) is 1.62. The average molecular weight is 490 g/mol. The van der Waals surface area contributed by atoms with Gasteiger partial charge in [0.1, 0.15) is 5.75 Å². The first-order valence-corrected chi connectivity index (χ1v) is 12.1. The number of aromatic nitrogens is 5. The molecule has 0 radical (unpaired) electrons. The van der Waals surface area contributed by atoms with Crippen LogP contribution in [0.25, 0.3) is 45.2 Å². The number of ether oxygens (including phenoxy) is 1. The van der Waals surface area contributed by atoms with E-state index in [-0.39, 0.29) is 5.56 Å². The van der Waals surface area contributed by atoms with Crippen LogP contribution in [-0.4, -0.2) is 31.7 Å². The van der Waals surface area contributed by atoms with Gasteiger partial charge in [-0.1, -0.05) is 84.1 Å². The van der Waals surface area contributed by atoms with Gasteiger partial charge in [-0.25, -0.2) is 9.97 Å². The molecule has 0 N–H and O–H groups in total. The van der Waals surface area contributed by atoms with E-state index in [0.29, 0.717) is 21.1 Å². The van der Waals surface area contributed by atoms with E-state index < -0.39 is 0 Å². The van der Waals surface area contributed by atoms with Crippen molar-refractivity contribution in [1.29, 1.82) is 0 Å². The highest BCUT2D eigenvalue weighted by Gasteiger charge is 2.17. The Kier molecular flexibility index (Phi) is 5.55. The van der Waals surface area contributed by atoms with Crippen LogP contribution < -0.4 is 14.8 Å². The fourth-order valence-corrected chi connectivity index (χ4v) is 4.75. The van der Waals surface area contributed by atoms with Crippen LogP contribution in [0.15, 0.2) is 95.8 Å². The van der Waals surface area contributed by atoms with E-state index in [1.165, 1.54) is 15.9 Å². The summed E-state index contributed by atoms with van der Waals surface area (Å²) in [5, 5.41) is 4.48. The minimum Gasteiger partial charge on any atom is -0.497 e. The summed E-state index contributed by atoms with van der Waals surface area (Å²) in [6.45, 7) is 0. The van der Waals surface area contributed by atoms with Gasteiger partial charge >= 0.3 is 0 Å². The molecule has 6 aromatic rings. The number of hydrogen-bond acceptors (Lipinski definition) is 7. The summed E-state index contributed by atoms with van der Waals surface area (Å²) >= 11 is 1.28. The molecule has 8 heteroatoms. The van der Waals surface area contributed by atoms with E-state index >= 15 is 0 Å². The van der Waals surface area contributed by atoms with E-state index in [0.717, 1.165) is 33.8 Å². The topological polar surface area (TPSA) is 82.3 Å². The first-order valence-electron chi connectivity index (χ1n) is 11.2. The molecule has 0 aliphatic rings. The second-order valence-corrected chi connectivity index (χ2v) is 9.02. The van der Waals surface area contributed by atoms with Crippen LogP contribution in [-0.2, 0) is 0 Å². The van der Waals surface area contributed by atoms with Crippen LogP contribution in [0.3, 0.4) is 0 Å². The molecule has 3 heterocycles. The quantitative estimate of drug-likeness (QED) is 0.355. The second-order valence-electron chi connectivity index (χ2n) is 8.01. The van der Waals surface area contributed by atoms with E-state index in [9.17, 15) is 4.79 Å². The van der Waals surface area contributed by atoms with Crippen molar-refractivity contribution in [3.05, 3.63) is 111 Å². The standard InChI is InChI=1S/C28H19N5O2S/c1-35-21-14-12-18(13-15-21)16-24-27(34)33-28(36-24)31-26(32-33)25-29-22(19-8-4-2-5-9-19)17-23(30-25)20-10-6-3-7-11-20/h2-17H,1H3. The van der Waals surface area contributed by atoms with Crippen molar-refractivity contribution in [2.24, 2.45) is 0 Å². The van der Waals surface area contributed by atoms with Gasteiger partial charge in [0.25, 0.3) is 5.56 Å². The number of hydrogen-bond donors (Lipinski definition) is 0. The van der Waals surface area contributed by atoms with Crippen LogP contribution in [0.2, 0.25) is 0 Å². The van der Waals surface area contributed by atoms with Gasteiger partial charge < -0.3 is 4.74 Å². The number of fused-ring (bicyclic) bond motifs is 1. The Morgan fingerprint density at radius 3 is 1.94 bits per heavy atom. The molecule has 0 saturated carbocycles. The average Bonchev–Trinajstić information content (AvgIpc) is 3.49. The van der Waals surface area contributed by atoms with Crippen molar-refractivity contribution < 1.29 is 4.74 Å². The SMILES string of the molecule is COc1ccc(C=c2sc3nc(-c4nc(-c5ccccc5)cc(-c5ccccc5)n4)nn3c2=O)cc1. The van der Waals surface area contributed by atoms with Crippen LogP contribution in [0.4, 0.5) is 0 Å². The third kappa shape index (κ3) is 4.14. The highest BCUT2D eigenvalue weighted by Crippen LogP contribution is 2.26. The van der Waals surface area contributed by atoms with Crippen molar-refractivity contribution in [1.82, 2.24) is 24.6 Å². The summed E-state index contributed by atoms with van der Waals surface area (Å²) < 4.78 is 7.06. The molecule has 0 saturated heterocycles. The Morgan fingerprint density at radius 2 is 1.39 bits per heavy atom. The number of thiazole rings is 1. The number of rotatable bonds is 5.